The Labute approximate surface area is 111 Å². The Bertz CT molecular complexity index is 929. The Balaban J connectivity index is 2.16. The second-order valence-electron chi connectivity index (χ2n) is 4.25. The molecule has 19 heavy (non-hydrogen) atoms. The van der Waals surface area contributed by atoms with Crippen molar-refractivity contribution in [3.63, 3.8) is 0 Å². The summed E-state index contributed by atoms with van der Waals surface area (Å²) in [6.45, 7) is 0. The molecule has 0 bridgehead atoms. The number of hydrogen-bond acceptors (Lipinski definition) is 4. The average molecular weight is 268 g/mol. The van der Waals surface area contributed by atoms with Crippen molar-refractivity contribution in [2.24, 2.45) is 0 Å². The lowest BCUT2D eigenvalue weighted by Crippen LogP contribution is -1.97. The van der Waals surface area contributed by atoms with Crippen molar-refractivity contribution in [2.45, 2.75) is 0 Å². The van der Waals surface area contributed by atoms with E-state index in [2.05, 4.69) is 0 Å². The Morgan fingerprint density at radius 2 is 1.89 bits per heavy atom. The van der Waals surface area contributed by atoms with Crippen LogP contribution in [0.15, 0.2) is 60.8 Å². The molecule has 92 valence electrons. The zero-order valence-electron chi connectivity index (χ0n) is 9.75. The van der Waals surface area contributed by atoms with Crippen molar-refractivity contribution >= 4 is 33.3 Å². The normalized spacial score (nSPS) is 11.4. The fraction of sp³-hybridized carbons (Fsp3) is 0. The molecule has 0 N–H and O–H groups in total. The highest BCUT2D eigenvalue weighted by Crippen LogP contribution is 2.31. The van der Waals surface area contributed by atoms with E-state index in [9.17, 15) is 4.79 Å². The van der Waals surface area contributed by atoms with E-state index in [1.54, 1.807) is 23.5 Å². The van der Waals surface area contributed by atoms with E-state index in [0.29, 0.717) is 22.3 Å². The molecule has 0 saturated heterocycles. The van der Waals surface area contributed by atoms with Crippen LogP contribution in [0.4, 0.5) is 0 Å². The molecule has 4 heteroatoms. The number of rotatable bonds is 1. The SMILES string of the molecule is O=c1oc2ccccc2c2oc(-c3ccsc3)cc12. The highest BCUT2D eigenvalue weighted by molar-refractivity contribution is 7.08. The van der Waals surface area contributed by atoms with Crippen LogP contribution in [0, 0.1) is 0 Å². The second kappa shape index (κ2) is 3.83. The second-order valence-corrected chi connectivity index (χ2v) is 5.03. The molecule has 0 aliphatic carbocycles. The van der Waals surface area contributed by atoms with Crippen molar-refractivity contribution in [1.29, 1.82) is 0 Å². The minimum atomic E-state index is -0.362. The van der Waals surface area contributed by atoms with Crippen LogP contribution >= 0.6 is 11.3 Å². The van der Waals surface area contributed by atoms with Gasteiger partial charge in [-0.25, -0.2) is 4.79 Å². The smallest absolute Gasteiger partial charge is 0.347 e. The van der Waals surface area contributed by atoms with Crippen LogP contribution in [-0.4, -0.2) is 0 Å². The molecule has 0 aliphatic rings. The van der Waals surface area contributed by atoms with Gasteiger partial charge < -0.3 is 8.83 Å². The van der Waals surface area contributed by atoms with Crippen molar-refractivity contribution in [3.05, 3.63) is 57.6 Å². The molecule has 0 spiro atoms. The van der Waals surface area contributed by atoms with Crippen molar-refractivity contribution in [2.75, 3.05) is 0 Å². The maximum absolute atomic E-state index is 12.0. The lowest BCUT2D eigenvalue weighted by Gasteiger charge is -1.95. The third kappa shape index (κ3) is 1.54. The van der Waals surface area contributed by atoms with E-state index < -0.39 is 0 Å². The topological polar surface area (TPSA) is 43.4 Å². The van der Waals surface area contributed by atoms with Gasteiger partial charge in [0.1, 0.15) is 16.7 Å². The van der Waals surface area contributed by atoms with Crippen molar-refractivity contribution in [1.82, 2.24) is 0 Å². The van der Waals surface area contributed by atoms with E-state index in [1.165, 1.54) is 0 Å². The minimum Gasteiger partial charge on any atom is -0.455 e. The molecule has 0 unspecified atom stereocenters. The summed E-state index contributed by atoms with van der Waals surface area (Å²) < 4.78 is 11.1. The van der Waals surface area contributed by atoms with Crippen LogP contribution in [-0.2, 0) is 0 Å². The summed E-state index contributed by atoms with van der Waals surface area (Å²) in [4.78, 5) is 12.0. The Morgan fingerprint density at radius 3 is 2.74 bits per heavy atom. The lowest BCUT2D eigenvalue weighted by molar-refractivity contribution is 0.565. The van der Waals surface area contributed by atoms with E-state index in [-0.39, 0.29) is 5.63 Å². The Kier molecular flexibility index (Phi) is 2.13. The molecule has 0 saturated carbocycles. The molecular formula is C15H8O3S. The fourth-order valence-corrected chi connectivity index (χ4v) is 2.83. The van der Waals surface area contributed by atoms with Gasteiger partial charge in [0.25, 0.3) is 0 Å². The molecule has 0 aliphatic heterocycles. The third-order valence-corrected chi connectivity index (χ3v) is 3.78. The molecule has 0 radical (unpaired) electrons. The maximum Gasteiger partial charge on any atom is 0.347 e. The predicted molar refractivity (Wildman–Crippen MR) is 75.6 cm³/mol. The number of para-hydroxylation sites is 1. The van der Waals surface area contributed by atoms with E-state index in [1.807, 2.05) is 35.0 Å². The van der Waals surface area contributed by atoms with Gasteiger partial charge in [-0.1, -0.05) is 12.1 Å². The van der Waals surface area contributed by atoms with Crippen LogP contribution in [0.25, 0.3) is 33.3 Å². The molecule has 3 nitrogen and oxygen atoms in total. The molecular weight excluding hydrogens is 260 g/mol. The number of benzene rings is 1. The van der Waals surface area contributed by atoms with E-state index >= 15 is 0 Å². The zero-order chi connectivity index (χ0) is 12.8. The van der Waals surface area contributed by atoms with Crippen LogP contribution in [0.1, 0.15) is 0 Å². The first kappa shape index (κ1) is 10.6. The minimum absolute atomic E-state index is 0.362. The first-order valence-electron chi connectivity index (χ1n) is 5.81. The first-order valence-corrected chi connectivity index (χ1v) is 6.75. The molecule has 3 aromatic heterocycles. The van der Waals surface area contributed by atoms with Crippen LogP contribution < -0.4 is 5.63 Å². The molecule has 0 fully saturated rings. The average Bonchev–Trinajstić information content (AvgIpc) is 3.08. The fourth-order valence-electron chi connectivity index (χ4n) is 2.19. The third-order valence-electron chi connectivity index (χ3n) is 3.09. The maximum atomic E-state index is 12.0. The van der Waals surface area contributed by atoms with Gasteiger partial charge in [0.2, 0.25) is 0 Å². The van der Waals surface area contributed by atoms with Gasteiger partial charge in [-0.2, -0.15) is 11.3 Å². The van der Waals surface area contributed by atoms with Crippen LogP contribution in [0.3, 0.4) is 0 Å². The van der Waals surface area contributed by atoms with Gasteiger partial charge in [-0.3, -0.25) is 0 Å². The number of thiophene rings is 1. The molecule has 0 atom stereocenters. The summed E-state index contributed by atoms with van der Waals surface area (Å²) in [5.74, 6) is 0.694. The standard InChI is InChI=1S/C15H8O3S/c16-15-11-7-13(9-5-6-19-8-9)17-14(11)10-3-1-2-4-12(10)18-15/h1-8H. The summed E-state index contributed by atoms with van der Waals surface area (Å²) in [7, 11) is 0. The van der Waals surface area contributed by atoms with Gasteiger partial charge in [0, 0.05) is 10.9 Å². The summed E-state index contributed by atoms with van der Waals surface area (Å²) in [6.07, 6.45) is 0. The van der Waals surface area contributed by atoms with Crippen molar-refractivity contribution in [3.8, 4) is 11.3 Å². The highest BCUT2D eigenvalue weighted by atomic mass is 32.1. The molecule has 0 amide bonds. The molecule has 4 rings (SSSR count). The largest absolute Gasteiger partial charge is 0.455 e. The zero-order valence-corrected chi connectivity index (χ0v) is 10.6. The molecule has 4 aromatic rings. The first-order chi connectivity index (χ1) is 9.33. The van der Waals surface area contributed by atoms with Gasteiger partial charge in [-0.15, -0.1) is 0 Å². The van der Waals surface area contributed by atoms with Gasteiger partial charge in [0.15, 0.2) is 5.58 Å². The van der Waals surface area contributed by atoms with E-state index in [4.69, 9.17) is 8.83 Å². The summed E-state index contributed by atoms with van der Waals surface area (Å²) >= 11 is 1.59. The van der Waals surface area contributed by atoms with E-state index in [0.717, 1.165) is 10.9 Å². The molecule has 1 aromatic carbocycles. The van der Waals surface area contributed by atoms with Gasteiger partial charge >= 0.3 is 5.63 Å². The number of hydrogen-bond donors (Lipinski definition) is 0. The van der Waals surface area contributed by atoms with Crippen molar-refractivity contribution < 1.29 is 8.83 Å². The Morgan fingerprint density at radius 1 is 1.00 bits per heavy atom. The molecule has 3 heterocycles. The van der Waals surface area contributed by atoms with Gasteiger partial charge in [0.05, 0.1) is 5.39 Å². The number of fused-ring (bicyclic) bond motifs is 3. The number of furan rings is 1. The van der Waals surface area contributed by atoms with Crippen LogP contribution in [0.5, 0.6) is 0 Å². The van der Waals surface area contributed by atoms with Crippen LogP contribution in [0.2, 0.25) is 0 Å². The highest BCUT2D eigenvalue weighted by Gasteiger charge is 2.14. The summed E-state index contributed by atoms with van der Waals surface area (Å²) in [5, 5.41) is 5.27. The van der Waals surface area contributed by atoms with Gasteiger partial charge in [-0.05, 0) is 29.6 Å². The quantitative estimate of drug-likeness (QED) is 0.484. The lowest BCUT2D eigenvalue weighted by atomic mass is 10.2. The summed E-state index contributed by atoms with van der Waals surface area (Å²) in [5.41, 5.74) is 1.75. The Hall–Kier alpha value is -2.33. The predicted octanol–water partition coefficient (Wildman–Crippen LogP) is 4.27. The monoisotopic (exact) mass is 268 g/mol. The summed E-state index contributed by atoms with van der Waals surface area (Å²) in [6, 6.07) is 11.1.